The Morgan fingerprint density at radius 3 is 2.71 bits per heavy atom. The highest BCUT2D eigenvalue weighted by molar-refractivity contribution is 9.10. The summed E-state index contributed by atoms with van der Waals surface area (Å²) in [5.74, 6) is -0.541. The molecule has 0 saturated carbocycles. The van der Waals surface area contributed by atoms with Crippen molar-refractivity contribution in [2.24, 2.45) is 0 Å². The summed E-state index contributed by atoms with van der Waals surface area (Å²) in [7, 11) is 0. The predicted molar refractivity (Wildman–Crippen MR) is 114 cm³/mol. The Kier molecular flexibility index (Phi) is 6.60. The zero-order chi connectivity index (χ0) is 20.4. The number of ether oxygens (including phenoxy) is 1. The van der Waals surface area contributed by atoms with Crippen LogP contribution in [0.3, 0.4) is 0 Å². The lowest BCUT2D eigenvalue weighted by molar-refractivity contribution is -0.119. The number of fused-ring (bicyclic) bond motifs is 1. The molecular formula is C20H26BrN3O3S. The number of amides is 1. The van der Waals surface area contributed by atoms with Crippen LogP contribution in [0, 0.1) is 6.92 Å². The molecule has 0 fully saturated rings. The maximum Gasteiger partial charge on any atom is 0.341 e. The summed E-state index contributed by atoms with van der Waals surface area (Å²) < 4.78 is 8.07. The van der Waals surface area contributed by atoms with Gasteiger partial charge in [-0.1, -0.05) is 6.92 Å². The molecule has 0 spiro atoms. The van der Waals surface area contributed by atoms with Crippen LogP contribution in [-0.2, 0) is 22.4 Å². The van der Waals surface area contributed by atoms with E-state index in [0.717, 1.165) is 47.8 Å². The van der Waals surface area contributed by atoms with E-state index < -0.39 is 6.04 Å². The van der Waals surface area contributed by atoms with Gasteiger partial charge in [-0.3, -0.25) is 9.48 Å². The minimum Gasteiger partial charge on any atom is -0.459 e. The lowest BCUT2D eigenvalue weighted by Gasteiger charge is -2.16. The van der Waals surface area contributed by atoms with E-state index in [1.165, 1.54) is 16.2 Å². The largest absolute Gasteiger partial charge is 0.459 e. The summed E-state index contributed by atoms with van der Waals surface area (Å²) in [6.45, 7) is 7.53. The molecule has 1 aliphatic carbocycles. The number of aromatic nitrogens is 2. The molecule has 1 N–H and O–H groups in total. The molecule has 6 nitrogen and oxygen atoms in total. The number of carbonyl (C=O) groups is 2. The van der Waals surface area contributed by atoms with Crippen molar-refractivity contribution in [3.63, 3.8) is 0 Å². The van der Waals surface area contributed by atoms with Crippen LogP contribution < -0.4 is 5.32 Å². The summed E-state index contributed by atoms with van der Waals surface area (Å²) in [5, 5.41) is 7.93. The molecule has 2 unspecified atom stereocenters. The van der Waals surface area contributed by atoms with Crippen molar-refractivity contribution in [1.29, 1.82) is 0 Å². The second kappa shape index (κ2) is 8.78. The lowest BCUT2D eigenvalue weighted by atomic mass is 9.95. The molecule has 152 valence electrons. The van der Waals surface area contributed by atoms with E-state index in [0.29, 0.717) is 10.6 Å². The zero-order valence-corrected chi connectivity index (χ0v) is 19.1. The van der Waals surface area contributed by atoms with Gasteiger partial charge in [-0.15, -0.1) is 11.3 Å². The number of rotatable bonds is 6. The van der Waals surface area contributed by atoms with Crippen LogP contribution in [0.4, 0.5) is 5.00 Å². The van der Waals surface area contributed by atoms with Crippen LogP contribution >= 0.6 is 27.3 Å². The number of hydrogen-bond acceptors (Lipinski definition) is 5. The first-order chi connectivity index (χ1) is 13.3. The highest BCUT2D eigenvalue weighted by Gasteiger charge is 2.29. The molecule has 0 radical (unpaired) electrons. The quantitative estimate of drug-likeness (QED) is 0.603. The third-order valence-corrected chi connectivity index (χ3v) is 7.11. The van der Waals surface area contributed by atoms with Crippen molar-refractivity contribution in [3.8, 4) is 0 Å². The van der Waals surface area contributed by atoms with Crippen LogP contribution in [0.15, 0.2) is 10.7 Å². The molecule has 0 saturated heterocycles. The Morgan fingerprint density at radius 1 is 1.36 bits per heavy atom. The highest BCUT2D eigenvalue weighted by atomic mass is 79.9. The van der Waals surface area contributed by atoms with E-state index in [9.17, 15) is 9.59 Å². The number of nitrogens with one attached hydrogen (secondary N) is 1. The smallest absolute Gasteiger partial charge is 0.341 e. The number of anilines is 1. The Morgan fingerprint density at radius 2 is 2.07 bits per heavy atom. The van der Waals surface area contributed by atoms with Crippen LogP contribution in [0.1, 0.15) is 72.6 Å². The molecule has 2 aromatic heterocycles. The van der Waals surface area contributed by atoms with Crippen molar-refractivity contribution >= 4 is 44.1 Å². The first-order valence-corrected chi connectivity index (χ1v) is 11.3. The van der Waals surface area contributed by atoms with E-state index in [2.05, 4.69) is 26.3 Å². The van der Waals surface area contributed by atoms with Crippen LogP contribution in [0.5, 0.6) is 0 Å². The van der Waals surface area contributed by atoms with Crippen LogP contribution in [-0.4, -0.2) is 27.8 Å². The Balaban J connectivity index is 1.87. The molecule has 0 aliphatic heterocycles. The van der Waals surface area contributed by atoms with Crippen molar-refractivity contribution in [2.75, 3.05) is 5.32 Å². The minimum atomic E-state index is -0.498. The molecule has 0 aromatic carbocycles. The molecule has 2 aromatic rings. The van der Waals surface area contributed by atoms with E-state index in [4.69, 9.17) is 4.74 Å². The predicted octanol–water partition coefficient (Wildman–Crippen LogP) is 5.05. The van der Waals surface area contributed by atoms with Gasteiger partial charge in [-0.2, -0.15) is 5.10 Å². The van der Waals surface area contributed by atoms with Gasteiger partial charge in [0.2, 0.25) is 5.91 Å². The normalized spacial score (nSPS) is 15.6. The Bertz CT molecular complexity index is 870. The summed E-state index contributed by atoms with van der Waals surface area (Å²) in [6, 6.07) is -0.498. The zero-order valence-electron chi connectivity index (χ0n) is 16.7. The number of carbonyl (C=O) groups excluding carboxylic acids is 2. The summed E-state index contributed by atoms with van der Waals surface area (Å²) in [6.07, 6.45) is 6.35. The first kappa shape index (κ1) is 21.0. The monoisotopic (exact) mass is 467 g/mol. The van der Waals surface area contributed by atoms with Crippen molar-refractivity contribution in [1.82, 2.24) is 9.78 Å². The summed E-state index contributed by atoms with van der Waals surface area (Å²) >= 11 is 4.93. The fraction of sp³-hybridized carbons (Fsp3) is 0.550. The first-order valence-electron chi connectivity index (χ1n) is 9.69. The fourth-order valence-corrected chi connectivity index (χ4v) is 4.76. The molecule has 28 heavy (non-hydrogen) atoms. The molecule has 1 aliphatic rings. The highest BCUT2D eigenvalue weighted by Crippen LogP contribution is 2.39. The van der Waals surface area contributed by atoms with Crippen LogP contribution in [0.25, 0.3) is 0 Å². The number of nitrogens with zero attached hydrogens (tertiary/aromatic N) is 2. The summed E-state index contributed by atoms with van der Waals surface area (Å²) in [4.78, 5) is 26.9. The van der Waals surface area contributed by atoms with Gasteiger partial charge in [0.05, 0.1) is 21.8 Å². The Labute approximate surface area is 177 Å². The summed E-state index contributed by atoms with van der Waals surface area (Å²) in [5.41, 5.74) is 2.41. The van der Waals surface area contributed by atoms with E-state index >= 15 is 0 Å². The van der Waals surface area contributed by atoms with Crippen LogP contribution in [0.2, 0.25) is 0 Å². The molecule has 3 rings (SSSR count). The molecule has 2 heterocycles. The number of esters is 1. The molecule has 1 amide bonds. The molecule has 2 atom stereocenters. The Hall–Kier alpha value is -1.67. The van der Waals surface area contributed by atoms with Gasteiger partial charge in [0.25, 0.3) is 0 Å². The third-order valence-electron chi connectivity index (χ3n) is 5.13. The van der Waals surface area contributed by atoms with Gasteiger partial charge in [0.1, 0.15) is 11.0 Å². The average molecular weight is 468 g/mol. The van der Waals surface area contributed by atoms with Crippen molar-refractivity contribution < 1.29 is 14.3 Å². The lowest BCUT2D eigenvalue weighted by Crippen LogP contribution is -2.25. The van der Waals surface area contributed by atoms with E-state index in [1.807, 2.05) is 20.8 Å². The topological polar surface area (TPSA) is 73.2 Å². The maximum atomic E-state index is 12.9. The fourth-order valence-electron chi connectivity index (χ4n) is 3.19. The van der Waals surface area contributed by atoms with Gasteiger partial charge >= 0.3 is 5.97 Å². The molecule has 8 heteroatoms. The van der Waals surface area contributed by atoms with E-state index in [1.54, 1.807) is 17.8 Å². The van der Waals surface area contributed by atoms with E-state index in [-0.39, 0.29) is 18.0 Å². The average Bonchev–Trinajstić information content (AvgIpc) is 3.20. The number of thiophene rings is 1. The molecular weight excluding hydrogens is 442 g/mol. The maximum absolute atomic E-state index is 12.9. The standard InChI is InChI=1S/C20H26BrN3O3S/c1-5-11(2)27-20(26)17-14-8-6-7-9-16(14)28-19(17)22-18(25)13(4)24-10-15(21)12(3)23-24/h10-11,13H,5-9H2,1-4H3,(H,22,25). The van der Waals surface area contributed by atoms with Gasteiger partial charge in [-0.25, -0.2) is 4.79 Å². The molecule has 0 bridgehead atoms. The third kappa shape index (κ3) is 4.33. The number of halogens is 1. The van der Waals surface area contributed by atoms with Crippen molar-refractivity contribution in [2.45, 2.75) is 71.9 Å². The van der Waals surface area contributed by atoms with Gasteiger partial charge in [0, 0.05) is 11.1 Å². The minimum absolute atomic E-state index is 0.154. The van der Waals surface area contributed by atoms with Crippen molar-refractivity contribution in [3.05, 3.63) is 32.4 Å². The SMILES string of the molecule is CCC(C)OC(=O)c1c(NC(=O)C(C)n2cc(Br)c(C)n2)sc2c1CCCC2. The van der Waals surface area contributed by atoms with Gasteiger partial charge in [-0.05, 0) is 74.4 Å². The second-order valence-corrected chi connectivity index (χ2v) is 9.21. The number of aryl methyl sites for hydroxylation is 2. The second-order valence-electron chi connectivity index (χ2n) is 7.25. The number of hydrogen-bond donors (Lipinski definition) is 1. The van der Waals surface area contributed by atoms with Gasteiger partial charge < -0.3 is 10.1 Å². The van der Waals surface area contributed by atoms with Gasteiger partial charge in [0.15, 0.2) is 0 Å².